The van der Waals surface area contributed by atoms with E-state index in [-0.39, 0.29) is 12.1 Å². The minimum absolute atomic E-state index is 0.213. The first-order valence-corrected chi connectivity index (χ1v) is 9.92. The summed E-state index contributed by atoms with van der Waals surface area (Å²) < 4.78 is 26.5. The van der Waals surface area contributed by atoms with Gasteiger partial charge in [-0.25, -0.2) is 18.5 Å². The molecular weight excluding hydrogens is 416 g/mol. The second-order valence-corrected chi connectivity index (χ2v) is 7.32. The minimum Gasteiger partial charge on any atom is -0.345 e. The number of imide groups is 1. The first-order chi connectivity index (χ1) is 15.4. The van der Waals surface area contributed by atoms with Gasteiger partial charge in [-0.15, -0.1) is 0 Å². The number of benzene rings is 3. The smallest absolute Gasteiger partial charge is 0.329 e. The molecule has 1 saturated heterocycles. The highest BCUT2D eigenvalue weighted by Gasteiger charge is 2.40. The Morgan fingerprint density at radius 2 is 1.44 bits per heavy atom. The molecule has 8 heteroatoms. The summed E-state index contributed by atoms with van der Waals surface area (Å²) in [6, 6.07) is 17.5. The number of carbonyl (C=O) groups is 3. The van der Waals surface area contributed by atoms with E-state index in [1.165, 1.54) is 24.3 Å². The van der Waals surface area contributed by atoms with E-state index in [1.807, 2.05) is 30.3 Å². The maximum Gasteiger partial charge on any atom is 0.329 e. The molecule has 162 valence electrons. The summed E-state index contributed by atoms with van der Waals surface area (Å²) in [5, 5.41) is 5.35. The number of hydrogen-bond acceptors (Lipinski definition) is 3. The largest absolute Gasteiger partial charge is 0.345 e. The van der Waals surface area contributed by atoms with Gasteiger partial charge in [0.25, 0.3) is 5.91 Å². The van der Waals surface area contributed by atoms with Crippen molar-refractivity contribution in [2.45, 2.75) is 18.5 Å². The van der Waals surface area contributed by atoms with Crippen molar-refractivity contribution in [1.82, 2.24) is 10.6 Å². The summed E-state index contributed by atoms with van der Waals surface area (Å²) in [4.78, 5) is 38.7. The van der Waals surface area contributed by atoms with Gasteiger partial charge in [-0.3, -0.25) is 9.59 Å². The molecule has 2 atom stereocenters. The second-order valence-electron chi connectivity index (χ2n) is 7.32. The molecule has 0 saturated carbocycles. The molecule has 1 aliphatic rings. The highest BCUT2D eigenvalue weighted by Crippen LogP contribution is 2.24. The summed E-state index contributed by atoms with van der Waals surface area (Å²) in [6.45, 7) is 0. The number of urea groups is 1. The van der Waals surface area contributed by atoms with Gasteiger partial charge in [-0.2, -0.15) is 0 Å². The van der Waals surface area contributed by atoms with E-state index in [0.29, 0.717) is 5.56 Å². The van der Waals surface area contributed by atoms with Crippen LogP contribution < -0.4 is 15.5 Å². The van der Waals surface area contributed by atoms with Crippen LogP contribution in [0.3, 0.4) is 0 Å². The SMILES string of the molecule is O=C(CC1NC(=O)N(c2ccc(F)cc2)C1=O)NC(c1ccccc1)c1ccc(F)cc1. The Morgan fingerprint density at radius 3 is 2.06 bits per heavy atom. The summed E-state index contributed by atoms with van der Waals surface area (Å²) in [7, 11) is 0. The van der Waals surface area contributed by atoms with Crippen LogP contribution in [0.5, 0.6) is 0 Å². The van der Waals surface area contributed by atoms with Gasteiger partial charge in [0.15, 0.2) is 0 Å². The highest BCUT2D eigenvalue weighted by atomic mass is 19.1. The van der Waals surface area contributed by atoms with E-state index in [2.05, 4.69) is 10.6 Å². The molecule has 2 N–H and O–H groups in total. The summed E-state index contributed by atoms with van der Waals surface area (Å²) >= 11 is 0. The monoisotopic (exact) mass is 435 g/mol. The Labute approximate surface area is 182 Å². The number of amides is 4. The molecule has 0 spiro atoms. The number of carbonyl (C=O) groups excluding carboxylic acids is 3. The van der Waals surface area contributed by atoms with Crippen LogP contribution in [-0.2, 0) is 9.59 Å². The van der Waals surface area contributed by atoms with Crippen molar-refractivity contribution in [2.75, 3.05) is 4.90 Å². The van der Waals surface area contributed by atoms with Crippen LogP contribution in [0.4, 0.5) is 19.3 Å². The van der Waals surface area contributed by atoms with Crippen LogP contribution >= 0.6 is 0 Å². The van der Waals surface area contributed by atoms with E-state index in [0.717, 1.165) is 22.6 Å². The fourth-order valence-electron chi connectivity index (χ4n) is 3.57. The lowest BCUT2D eigenvalue weighted by Crippen LogP contribution is -2.38. The average molecular weight is 435 g/mol. The molecule has 0 radical (unpaired) electrons. The van der Waals surface area contributed by atoms with Crippen LogP contribution in [0.2, 0.25) is 0 Å². The van der Waals surface area contributed by atoms with Crippen LogP contribution in [-0.4, -0.2) is 23.9 Å². The molecule has 32 heavy (non-hydrogen) atoms. The number of rotatable bonds is 6. The zero-order valence-corrected chi connectivity index (χ0v) is 16.8. The molecule has 0 aliphatic carbocycles. The van der Waals surface area contributed by atoms with Gasteiger partial charge in [0, 0.05) is 0 Å². The Bertz CT molecular complexity index is 1140. The van der Waals surface area contributed by atoms with Crippen LogP contribution in [0, 0.1) is 11.6 Å². The number of hydrogen-bond donors (Lipinski definition) is 2. The molecule has 4 amide bonds. The molecule has 4 rings (SSSR count). The first kappa shape index (κ1) is 21.2. The van der Waals surface area contributed by atoms with Gasteiger partial charge in [-0.05, 0) is 47.5 Å². The van der Waals surface area contributed by atoms with Crippen molar-refractivity contribution in [3.05, 3.63) is 102 Å². The van der Waals surface area contributed by atoms with Crippen LogP contribution in [0.25, 0.3) is 0 Å². The van der Waals surface area contributed by atoms with Gasteiger partial charge in [0.2, 0.25) is 5.91 Å². The van der Waals surface area contributed by atoms with Gasteiger partial charge in [0.1, 0.15) is 17.7 Å². The number of nitrogens with one attached hydrogen (secondary N) is 2. The van der Waals surface area contributed by atoms with Gasteiger partial charge >= 0.3 is 6.03 Å². The highest BCUT2D eigenvalue weighted by molar-refractivity contribution is 6.22. The topological polar surface area (TPSA) is 78.5 Å². The predicted octanol–water partition coefficient (Wildman–Crippen LogP) is 3.69. The van der Waals surface area contributed by atoms with Crippen molar-refractivity contribution < 1.29 is 23.2 Å². The van der Waals surface area contributed by atoms with Gasteiger partial charge < -0.3 is 10.6 Å². The van der Waals surface area contributed by atoms with Crippen molar-refractivity contribution in [3.63, 3.8) is 0 Å². The van der Waals surface area contributed by atoms with Crippen LogP contribution in [0.1, 0.15) is 23.6 Å². The summed E-state index contributed by atoms with van der Waals surface area (Å²) in [5.41, 5.74) is 1.66. The zero-order chi connectivity index (χ0) is 22.7. The number of nitrogens with zero attached hydrogens (tertiary/aromatic N) is 1. The van der Waals surface area contributed by atoms with Gasteiger partial charge in [0.05, 0.1) is 18.2 Å². The van der Waals surface area contributed by atoms with E-state index in [1.54, 1.807) is 12.1 Å². The predicted molar refractivity (Wildman–Crippen MR) is 114 cm³/mol. The van der Waals surface area contributed by atoms with Crippen molar-refractivity contribution in [2.24, 2.45) is 0 Å². The fourth-order valence-corrected chi connectivity index (χ4v) is 3.57. The third-order valence-corrected chi connectivity index (χ3v) is 5.14. The Kier molecular flexibility index (Phi) is 5.93. The van der Waals surface area contributed by atoms with E-state index in [9.17, 15) is 23.2 Å². The molecular formula is C24H19F2N3O3. The van der Waals surface area contributed by atoms with E-state index in [4.69, 9.17) is 0 Å². The van der Waals surface area contributed by atoms with Gasteiger partial charge in [-0.1, -0.05) is 42.5 Å². The maximum atomic E-state index is 13.4. The lowest BCUT2D eigenvalue weighted by Gasteiger charge is -2.21. The number of anilines is 1. The van der Waals surface area contributed by atoms with Crippen LogP contribution in [0.15, 0.2) is 78.9 Å². The molecule has 1 heterocycles. The fraction of sp³-hybridized carbons (Fsp3) is 0.125. The summed E-state index contributed by atoms with van der Waals surface area (Å²) in [6.07, 6.45) is -0.285. The van der Waals surface area contributed by atoms with E-state index < -0.39 is 41.6 Å². The normalized spacial score (nSPS) is 16.6. The van der Waals surface area contributed by atoms with Crippen molar-refractivity contribution >= 4 is 23.5 Å². The van der Waals surface area contributed by atoms with Crippen molar-refractivity contribution in [3.8, 4) is 0 Å². The molecule has 0 aromatic heterocycles. The Hall–Kier alpha value is -4.07. The Morgan fingerprint density at radius 1 is 0.875 bits per heavy atom. The number of halogens is 2. The Balaban J connectivity index is 1.50. The lowest BCUT2D eigenvalue weighted by atomic mass is 9.98. The minimum atomic E-state index is -1.06. The van der Waals surface area contributed by atoms with Crippen molar-refractivity contribution in [1.29, 1.82) is 0 Å². The average Bonchev–Trinajstić information content (AvgIpc) is 3.07. The standard InChI is InChI=1S/C24H19F2N3O3/c25-17-8-6-16(7-9-17)22(15-4-2-1-3-5-15)28-21(30)14-20-23(31)29(24(32)27-20)19-12-10-18(26)11-13-19/h1-13,20,22H,14H2,(H,27,32)(H,28,30). The first-order valence-electron chi connectivity index (χ1n) is 9.92. The molecule has 2 unspecified atom stereocenters. The maximum absolute atomic E-state index is 13.4. The molecule has 6 nitrogen and oxygen atoms in total. The molecule has 1 aliphatic heterocycles. The lowest BCUT2D eigenvalue weighted by molar-refractivity contribution is -0.125. The zero-order valence-electron chi connectivity index (χ0n) is 16.8. The molecule has 3 aromatic rings. The molecule has 1 fully saturated rings. The molecule has 3 aromatic carbocycles. The third-order valence-electron chi connectivity index (χ3n) is 5.14. The van der Waals surface area contributed by atoms with E-state index >= 15 is 0 Å². The quantitative estimate of drug-likeness (QED) is 0.580. The second kappa shape index (κ2) is 8.97. The third kappa shape index (κ3) is 4.49. The molecule has 0 bridgehead atoms. The summed E-state index contributed by atoms with van der Waals surface area (Å²) in [5.74, 6) is -1.96.